The third kappa shape index (κ3) is 2.17. The lowest BCUT2D eigenvalue weighted by atomic mass is 9.88. The maximum absolute atomic E-state index is 9.10. The van der Waals surface area contributed by atoms with Gasteiger partial charge in [-0.25, -0.2) is 0 Å². The van der Waals surface area contributed by atoms with Crippen LogP contribution in [-0.4, -0.2) is 53.0 Å². The molecule has 0 bridgehead atoms. The first-order chi connectivity index (χ1) is 5.59. The van der Waals surface area contributed by atoms with Crippen molar-refractivity contribution in [3.8, 4) is 0 Å². The normalized spacial score (nSPS) is 25.0. The fourth-order valence-corrected chi connectivity index (χ4v) is 1.55. The van der Waals surface area contributed by atoms with Gasteiger partial charge in [0.25, 0.3) is 0 Å². The lowest BCUT2D eigenvalue weighted by molar-refractivity contribution is 0.00163. The van der Waals surface area contributed by atoms with Crippen LogP contribution < -0.4 is 5.73 Å². The summed E-state index contributed by atoms with van der Waals surface area (Å²) in [6, 6.07) is 0. The second-order valence-electron chi connectivity index (χ2n) is 3.72. The van der Waals surface area contributed by atoms with Gasteiger partial charge in [-0.05, 0) is 6.42 Å². The number of hydrogen-bond donors (Lipinski definition) is 3. The zero-order valence-electron chi connectivity index (χ0n) is 7.53. The average molecular weight is 174 g/mol. The largest absolute Gasteiger partial charge is 0.394 e. The number of hydrogen-bond acceptors (Lipinski definition) is 4. The summed E-state index contributed by atoms with van der Waals surface area (Å²) in [5.41, 5.74) is 5.88. The molecule has 4 heteroatoms. The van der Waals surface area contributed by atoms with E-state index in [1.807, 2.05) is 0 Å². The van der Waals surface area contributed by atoms with Crippen molar-refractivity contribution in [2.45, 2.75) is 25.0 Å². The molecule has 12 heavy (non-hydrogen) atoms. The van der Waals surface area contributed by atoms with Crippen LogP contribution in [0, 0.1) is 0 Å². The Morgan fingerprint density at radius 1 is 1.58 bits per heavy atom. The predicted molar refractivity (Wildman–Crippen MR) is 46.7 cm³/mol. The highest BCUT2D eigenvalue weighted by atomic mass is 16.3. The SMILES string of the molecule is CCC1(N)CN(CC(O)CO)C1. The molecule has 1 fully saturated rings. The Balaban J connectivity index is 2.17. The van der Waals surface area contributed by atoms with Crippen molar-refractivity contribution < 1.29 is 10.2 Å². The van der Waals surface area contributed by atoms with E-state index < -0.39 is 6.10 Å². The molecule has 1 aliphatic rings. The Kier molecular flexibility index (Phi) is 3.06. The molecule has 1 rings (SSSR count). The first-order valence-electron chi connectivity index (χ1n) is 4.40. The van der Waals surface area contributed by atoms with Crippen LogP contribution in [0.2, 0.25) is 0 Å². The summed E-state index contributed by atoms with van der Waals surface area (Å²) >= 11 is 0. The fraction of sp³-hybridized carbons (Fsp3) is 1.00. The van der Waals surface area contributed by atoms with E-state index in [1.54, 1.807) is 0 Å². The quantitative estimate of drug-likeness (QED) is 0.499. The van der Waals surface area contributed by atoms with Gasteiger partial charge >= 0.3 is 0 Å². The van der Waals surface area contributed by atoms with Gasteiger partial charge in [0.1, 0.15) is 0 Å². The summed E-state index contributed by atoms with van der Waals surface area (Å²) in [6.45, 7) is 4.11. The van der Waals surface area contributed by atoms with Gasteiger partial charge in [-0.2, -0.15) is 0 Å². The van der Waals surface area contributed by atoms with Crippen molar-refractivity contribution in [2.24, 2.45) is 5.73 Å². The van der Waals surface area contributed by atoms with Gasteiger partial charge in [0.2, 0.25) is 0 Å². The van der Waals surface area contributed by atoms with E-state index in [4.69, 9.17) is 15.9 Å². The maximum atomic E-state index is 9.10. The molecule has 1 heterocycles. The molecule has 4 nitrogen and oxygen atoms in total. The van der Waals surface area contributed by atoms with Crippen LogP contribution >= 0.6 is 0 Å². The number of β-amino-alcohol motifs (C(OH)–C–C–N with tert-alkyl or cyclic N) is 1. The number of aliphatic hydroxyl groups is 2. The molecule has 1 unspecified atom stereocenters. The van der Waals surface area contributed by atoms with Crippen molar-refractivity contribution in [1.29, 1.82) is 0 Å². The molecule has 1 atom stereocenters. The second kappa shape index (κ2) is 3.70. The van der Waals surface area contributed by atoms with Crippen LogP contribution in [0.3, 0.4) is 0 Å². The average Bonchev–Trinajstić information content (AvgIpc) is 2.01. The van der Waals surface area contributed by atoms with Crippen molar-refractivity contribution >= 4 is 0 Å². The molecule has 1 aliphatic heterocycles. The van der Waals surface area contributed by atoms with E-state index in [0.29, 0.717) is 6.54 Å². The highest BCUT2D eigenvalue weighted by Gasteiger charge is 2.37. The molecule has 0 saturated carbocycles. The van der Waals surface area contributed by atoms with Gasteiger partial charge < -0.3 is 15.9 Å². The van der Waals surface area contributed by atoms with Crippen LogP contribution in [-0.2, 0) is 0 Å². The molecule has 0 aromatic heterocycles. The van der Waals surface area contributed by atoms with Gasteiger partial charge in [-0.3, -0.25) is 4.90 Å². The fourth-order valence-electron chi connectivity index (χ4n) is 1.55. The van der Waals surface area contributed by atoms with E-state index in [-0.39, 0.29) is 12.1 Å². The lowest BCUT2D eigenvalue weighted by Gasteiger charge is -2.48. The summed E-state index contributed by atoms with van der Waals surface area (Å²) in [6.07, 6.45) is 0.352. The monoisotopic (exact) mass is 174 g/mol. The number of likely N-dealkylation sites (tertiary alicyclic amines) is 1. The van der Waals surface area contributed by atoms with Crippen molar-refractivity contribution in [3.63, 3.8) is 0 Å². The van der Waals surface area contributed by atoms with Crippen LogP contribution in [0.25, 0.3) is 0 Å². The minimum absolute atomic E-state index is 0.0465. The summed E-state index contributed by atoms with van der Waals surface area (Å²) < 4.78 is 0. The number of rotatable bonds is 4. The summed E-state index contributed by atoms with van der Waals surface area (Å²) in [7, 11) is 0. The third-order valence-electron chi connectivity index (χ3n) is 2.46. The van der Waals surface area contributed by atoms with Crippen LogP contribution in [0.15, 0.2) is 0 Å². The molecular formula is C8H18N2O2. The van der Waals surface area contributed by atoms with E-state index >= 15 is 0 Å². The van der Waals surface area contributed by atoms with Gasteiger partial charge in [0.05, 0.1) is 12.7 Å². The van der Waals surface area contributed by atoms with E-state index in [0.717, 1.165) is 19.5 Å². The molecule has 72 valence electrons. The Labute approximate surface area is 73.0 Å². The summed E-state index contributed by atoms with van der Waals surface area (Å²) in [5.74, 6) is 0. The molecule has 1 saturated heterocycles. The minimum atomic E-state index is -0.619. The third-order valence-corrected chi connectivity index (χ3v) is 2.46. The molecule has 0 aromatic carbocycles. The Morgan fingerprint density at radius 2 is 2.17 bits per heavy atom. The molecule has 0 amide bonds. The Bertz CT molecular complexity index is 143. The second-order valence-corrected chi connectivity index (χ2v) is 3.72. The van der Waals surface area contributed by atoms with Gasteiger partial charge in [-0.15, -0.1) is 0 Å². The molecular weight excluding hydrogens is 156 g/mol. The first-order valence-corrected chi connectivity index (χ1v) is 4.40. The summed E-state index contributed by atoms with van der Waals surface area (Å²) in [4.78, 5) is 2.06. The number of aliphatic hydroxyl groups excluding tert-OH is 2. The Morgan fingerprint density at radius 3 is 2.58 bits per heavy atom. The smallest absolute Gasteiger partial charge is 0.0897 e. The molecule has 0 radical (unpaired) electrons. The molecule has 0 aromatic rings. The van der Waals surface area contributed by atoms with E-state index in [9.17, 15) is 0 Å². The van der Waals surface area contributed by atoms with Gasteiger partial charge in [0, 0.05) is 25.2 Å². The van der Waals surface area contributed by atoms with Crippen LogP contribution in [0.1, 0.15) is 13.3 Å². The van der Waals surface area contributed by atoms with Crippen molar-refractivity contribution in [1.82, 2.24) is 4.90 Å². The van der Waals surface area contributed by atoms with E-state index in [2.05, 4.69) is 11.8 Å². The summed E-state index contributed by atoms with van der Waals surface area (Å²) in [5, 5.41) is 17.7. The molecule has 0 aliphatic carbocycles. The van der Waals surface area contributed by atoms with E-state index in [1.165, 1.54) is 0 Å². The Hall–Kier alpha value is -0.160. The van der Waals surface area contributed by atoms with Crippen molar-refractivity contribution in [3.05, 3.63) is 0 Å². The zero-order valence-corrected chi connectivity index (χ0v) is 7.53. The van der Waals surface area contributed by atoms with Crippen LogP contribution in [0.4, 0.5) is 0 Å². The highest BCUT2D eigenvalue weighted by Crippen LogP contribution is 2.20. The standard InChI is InChI=1S/C8H18N2O2/c1-2-8(9)5-10(6-8)3-7(12)4-11/h7,11-12H,2-6,9H2,1H3. The molecule has 4 N–H and O–H groups in total. The van der Waals surface area contributed by atoms with Gasteiger partial charge in [-0.1, -0.05) is 6.92 Å². The minimum Gasteiger partial charge on any atom is -0.394 e. The number of nitrogens with two attached hydrogens (primary N) is 1. The topological polar surface area (TPSA) is 69.7 Å². The number of nitrogens with zero attached hydrogens (tertiary/aromatic N) is 1. The van der Waals surface area contributed by atoms with Crippen LogP contribution in [0.5, 0.6) is 0 Å². The maximum Gasteiger partial charge on any atom is 0.0897 e. The predicted octanol–water partition coefficient (Wildman–Crippen LogP) is -1.24. The zero-order chi connectivity index (χ0) is 9.19. The lowest BCUT2D eigenvalue weighted by Crippen LogP contribution is -2.67. The van der Waals surface area contributed by atoms with Crippen molar-refractivity contribution in [2.75, 3.05) is 26.2 Å². The first kappa shape index (κ1) is 9.92. The highest BCUT2D eigenvalue weighted by molar-refractivity contribution is 4.99. The molecule has 0 spiro atoms. The van der Waals surface area contributed by atoms with Gasteiger partial charge in [0.15, 0.2) is 0 Å².